The number of hydrogen-bond acceptors (Lipinski definition) is 4. The highest BCUT2D eigenvalue weighted by Gasteiger charge is 2.21. The van der Waals surface area contributed by atoms with Crippen LogP contribution in [0.2, 0.25) is 0 Å². The highest BCUT2D eigenvalue weighted by molar-refractivity contribution is 6.14. The van der Waals surface area contributed by atoms with Gasteiger partial charge in [0.2, 0.25) is 0 Å². The molecule has 0 amide bonds. The Kier molecular flexibility index (Phi) is 10.5. The van der Waals surface area contributed by atoms with E-state index in [0.29, 0.717) is 28.7 Å². The fourth-order valence-corrected chi connectivity index (χ4v) is 11.6. The highest BCUT2D eigenvalue weighted by atomic mass is 15.0. The van der Waals surface area contributed by atoms with Crippen LogP contribution in [0.25, 0.3) is 144 Å². The van der Waals surface area contributed by atoms with Crippen LogP contribution in [-0.2, 0) is 0 Å². The van der Waals surface area contributed by atoms with E-state index in [9.17, 15) is 5.26 Å². The number of aromatic nitrogens is 6. The Morgan fingerprint density at radius 3 is 1.13 bits per heavy atom. The number of benzene rings is 11. The summed E-state index contributed by atoms with van der Waals surface area (Å²) in [6.07, 6.45) is 0. The summed E-state index contributed by atoms with van der Waals surface area (Å²) in [6.45, 7) is 7.53. The molecule has 0 bridgehead atoms. The Morgan fingerprint density at radius 1 is 0.304 bits per heavy atom. The number of hydrogen-bond donors (Lipinski definition) is 0. The van der Waals surface area contributed by atoms with Crippen molar-refractivity contribution in [2.75, 3.05) is 0 Å². The standard InChI is InChI=1S/C71H42N8/c1-73-53-30-24-49(25-31-53)70-74-69(48-22-20-45(44-72)21-23-48)75-71(76-70)50-26-32-54(33-27-50)77-67-42-55(78-63-18-10-8-16-57(63)58-17-9-11-19-64(58)78)34-36-59(67)60-37-35-56(43-68(60)77)79-65-38-28-51(46-12-4-2-5-13-46)40-61(65)62-41-52(29-39-66(62)79)47-14-6-3-7-15-47/h2-43H. The number of nitrogens with zero attached hydrogens (tertiary/aromatic N) is 8. The molecular weight excluding hydrogens is 965 g/mol. The van der Waals surface area contributed by atoms with Gasteiger partial charge < -0.3 is 13.7 Å². The molecule has 15 aromatic rings. The molecule has 11 aromatic carbocycles. The van der Waals surface area contributed by atoms with E-state index in [4.69, 9.17) is 21.5 Å². The van der Waals surface area contributed by atoms with E-state index in [1.165, 1.54) is 43.8 Å². The van der Waals surface area contributed by atoms with E-state index in [-0.39, 0.29) is 0 Å². The predicted octanol–water partition coefficient (Wildman–Crippen LogP) is 17.9. The number of nitriles is 1. The van der Waals surface area contributed by atoms with E-state index >= 15 is 0 Å². The first-order valence-electron chi connectivity index (χ1n) is 26.2. The number of para-hydroxylation sites is 2. The second-order valence-electron chi connectivity index (χ2n) is 19.8. The van der Waals surface area contributed by atoms with Gasteiger partial charge in [0.05, 0.1) is 51.3 Å². The summed E-state index contributed by atoms with van der Waals surface area (Å²) in [7, 11) is 0. The Balaban J connectivity index is 0.942. The molecule has 0 aliphatic heterocycles. The van der Waals surface area contributed by atoms with Crippen LogP contribution in [0, 0.1) is 17.9 Å². The van der Waals surface area contributed by atoms with Crippen LogP contribution in [0.15, 0.2) is 255 Å². The van der Waals surface area contributed by atoms with Crippen molar-refractivity contribution in [3.63, 3.8) is 0 Å². The largest absolute Gasteiger partial charge is 0.309 e. The summed E-state index contributed by atoms with van der Waals surface area (Å²) in [5, 5.41) is 16.6. The normalized spacial score (nSPS) is 11.5. The molecule has 0 radical (unpaired) electrons. The molecule has 0 aliphatic carbocycles. The van der Waals surface area contributed by atoms with Crippen molar-refractivity contribution < 1.29 is 0 Å². The van der Waals surface area contributed by atoms with Gasteiger partial charge in [-0.3, -0.25) is 0 Å². The van der Waals surface area contributed by atoms with E-state index < -0.39 is 0 Å². The summed E-state index contributed by atoms with van der Waals surface area (Å²) in [5.74, 6) is 1.46. The van der Waals surface area contributed by atoms with E-state index in [1.54, 1.807) is 24.3 Å². The van der Waals surface area contributed by atoms with Crippen molar-refractivity contribution in [2.45, 2.75) is 0 Å². The lowest BCUT2D eigenvalue weighted by Gasteiger charge is -2.13. The van der Waals surface area contributed by atoms with Crippen molar-refractivity contribution in [3.05, 3.63) is 272 Å². The maximum Gasteiger partial charge on any atom is 0.187 e. The van der Waals surface area contributed by atoms with Gasteiger partial charge in [-0.1, -0.05) is 146 Å². The van der Waals surface area contributed by atoms with Crippen molar-refractivity contribution >= 4 is 71.1 Å². The first-order valence-corrected chi connectivity index (χ1v) is 26.2. The summed E-state index contributed by atoms with van der Waals surface area (Å²) in [6, 6.07) is 91.2. The van der Waals surface area contributed by atoms with Gasteiger partial charge >= 0.3 is 0 Å². The minimum Gasteiger partial charge on any atom is -0.309 e. The van der Waals surface area contributed by atoms with Gasteiger partial charge in [-0.15, -0.1) is 0 Å². The second-order valence-corrected chi connectivity index (χ2v) is 19.8. The first-order chi connectivity index (χ1) is 39.0. The predicted molar refractivity (Wildman–Crippen MR) is 321 cm³/mol. The molecule has 0 fully saturated rings. The van der Waals surface area contributed by atoms with Gasteiger partial charge in [0.1, 0.15) is 0 Å². The number of rotatable bonds is 8. The Morgan fingerprint density at radius 2 is 0.671 bits per heavy atom. The molecule has 4 heterocycles. The topological polar surface area (TPSA) is 81.6 Å². The molecule has 8 nitrogen and oxygen atoms in total. The molecule has 366 valence electrons. The zero-order chi connectivity index (χ0) is 52.6. The molecule has 0 atom stereocenters. The summed E-state index contributed by atoms with van der Waals surface area (Å²) in [4.78, 5) is 18.6. The third-order valence-electron chi connectivity index (χ3n) is 15.4. The third-order valence-corrected chi connectivity index (χ3v) is 15.4. The van der Waals surface area contributed by atoms with Crippen molar-refractivity contribution in [3.8, 4) is 79.5 Å². The SMILES string of the molecule is [C-]#[N+]c1ccc(-c2nc(-c3ccc(C#N)cc3)nc(-c3ccc(-n4c5cc(-n6c7ccccc7c7ccccc76)ccc5c5ccc(-n6c7ccc(-c8ccccc8)cc7c7cc(-c8ccccc8)ccc76)cc54)cc3)n2)cc1. The van der Waals surface area contributed by atoms with Crippen LogP contribution in [0.4, 0.5) is 5.69 Å². The Hall–Kier alpha value is -11.2. The van der Waals surface area contributed by atoms with Gasteiger partial charge in [0.15, 0.2) is 23.2 Å². The van der Waals surface area contributed by atoms with Crippen LogP contribution in [0.5, 0.6) is 0 Å². The van der Waals surface area contributed by atoms with Gasteiger partial charge in [-0.05, 0) is 131 Å². The van der Waals surface area contributed by atoms with Crippen LogP contribution < -0.4 is 0 Å². The summed E-state index contributed by atoms with van der Waals surface area (Å²) >= 11 is 0. The minimum atomic E-state index is 0.480. The average Bonchev–Trinajstić information content (AvgIpc) is 4.11. The monoisotopic (exact) mass is 1010 g/mol. The lowest BCUT2D eigenvalue weighted by atomic mass is 10.0. The molecule has 0 unspecified atom stereocenters. The summed E-state index contributed by atoms with van der Waals surface area (Å²) < 4.78 is 7.19. The maximum atomic E-state index is 9.57. The zero-order valence-electron chi connectivity index (χ0n) is 42.3. The lowest BCUT2D eigenvalue weighted by Crippen LogP contribution is -2.01. The molecule has 0 saturated carbocycles. The number of fused-ring (bicyclic) bond motifs is 9. The molecule has 15 rings (SSSR count). The smallest absolute Gasteiger partial charge is 0.187 e. The van der Waals surface area contributed by atoms with Crippen molar-refractivity contribution in [1.82, 2.24) is 28.7 Å². The molecule has 79 heavy (non-hydrogen) atoms. The van der Waals surface area contributed by atoms with E-state index in [0.717, 1.165) is 77.6 Å². The molecule has 8 heteroatoms. The average molecular weight is 1010 g/mol. The van der Waals surface area contributed by atoms with E-state index in [2.05, 4.69) is 231 Å². The molecule has 0 N–H and O–H groups in total. The zero-order valence-corrected chi connectivity index (χ0v) is 42.3. The van der Waals surface area contributed by atoms with Crippen molar-refractivity contribution in [1.29, 1.82) is 5.26 Å². The molecular formula is C71H42N8. The van der Waals surface area contributed by atoms with Crippen LogP contribution >= 0.6 is 0 Å². The van der Waals surface area contributed by atoms with Crippen LogP contribution in [0.3, 0.4) is 0 Å². The third kappa shape index (κ3) is 7.55. The first kappa shape index (κ1) is 45.2. The fourth-order valence-electron chi connectivity index (χ4n) is 11.6. The quantitative estimate of drug-likeness (QED) is 0.142. The molecule has 4 aromatic heterocycles. The van der Waals surface area contributed by atoms with Gasteiger partial charge in [-0.2, -0.15) is 5.26 Å². The van der Waals surface area contributed by atoms with Gasteiger partial charge in [0, 0.05) is 66.1 Å². The maximum absolute atomic E-state index is 9.57. The molecule has 0 spiro atoms. The Labute approximate surface area is 454 Å². The lowest BCUT2D eigenvalue weighted by molar-refractivity contribution is 1.07. The summed E-state index contributed by atoms with van der Waals surface area (Å²) in [5.41, 5.74) is 17.9. The minimum absolute atomic E-state index is 0.480. The second kappa shape index (κ2) is 18.3. The van der Waals surface area contributed by atoms with Gasteiger partial charge in [0.25, 0.3) is 0 Å². The van der Waals surface area contributed by atoms with Gasteiger partial charge in [-0.25, -0.2) is 19.8 Å². The highest BCUT2D eigenvalue weighted by Crippen LogP contribution is 2.42. The van der Waals surface area contributed by atoms with Crippen LogP contribution in [0.1, 0.15) is 5.56 Å². The fraction of sp³-hybridized carbons (Fsp3) is 0. The molecule has 0 saturated heterocycles. The van der Waals surface area contributed by atoms with Crippen molar-refractivity contribution in [2.24, 2.45) is 0 Å². The van der Waals surface area contributed by atoms with E-state index in [1.807, 2.05) is 24.3 Å². The Bertz CT molecular complexity index is 4770. The van der Waals surface area contributed by atoms with Crippen LogP contribution in [-0.4, -0.2) is 28.7 Å². The molecule has 0 aliphatic rings.